The van der Waals surface area contributed by atoms with Crippen molar-refractivity contribution in [2.24, 2.45) is 0 Å². The van der Waals surface area contributed by atoms with Gasteiger partial charge < -0.3 is 5.32 Å². The SMILES string of the molecule is C#C.C/C=C(\C)c1ccc(C(C)C)cc1.C=C(C)NCc1ccncc1.CC.CCC. The first kappa shape index (κ1) is 32.9. The molecule has 0 saturated carbocycles. The molecule has 0 spiro atoms. The molecule has 0 atom stereocenters. The normalized spacial score (nSPS) is 9.23. The highest BCUT2D eigenvalue weighted by Crippen LogP contribution is 2.18. The number of pyridine rings is 1. The van der Waals surface area contributed by atoms with E-state index in [1.807, 2.05) is 32.9 Å². The van der Waals surface area contributed by atoms with Crippen molar-refractivity contribution in [3.05, 3.63) is 83.8 Å². The third-order valence-electron chi connectivity index (χ3n) is 3.81. The predicted molar refractivity (Wildman–Crippen MR) is 143 cm³/mol. The molecule has 0 radical (unpaired) electrons. The highest BCUT2D eigenvalue weighted by molar-refractivity contribution is 5.63. The van der Waals surface area contributed by atoms with Gasteiger partial charge in [0.05, 0.1) is 0 Å². The van der Waals surface area contributed by atoms with Gasteiger partial charge in [0, 0.05) is 24.6 Å². The summed E-state index contributed by atoms with van der Waals surface area (Å²) in [6, 6.07) is 12.8. The van der Waals surface area contributed by atoms with Crippen LogP contribution in [0.15, 0.2) is 67.1 Å². The average molecular weight is 423 g/mol. The maximum absolute atomic E-state index is 4.00. The van der Waals surface area contributed by atoms with Crippen LogP contribution in [0.3, 0.4) is 0 Å². The molecule has 0 aliphatic carbocycles. The fraction of sp³-hybridized carbons (Fsp3) is 0.414. The Labute approximate surface area is 193 Å². The molecule has 2 nitrogen and oxygen atoms in total. The van der Waals surface area contributed by atoms with E-state index in [0.717, 1.165) is 12.2 Å². The number of hydrogen-bond acceptors (Lipinski definition) is 2. The Bertz CT molecular complexity index is 693. The Morgan fingerprint density at radius 3 is 1.81 bits per heavy atom. The fourth-order valence-corrected chi connectivity index (χ4v) is 2.05. The minimum absolute atomic E-state index is 0.625. The van der Waals surface area contributed by atoms with Gasteiger partial charge in [-0.05, 0) is 61.1 Å². The van der Waals surface area contributed by atoms with Crippen LogP contribution < -0.4 is 5.32 Å². The van der Waals surface area contributed by atoms with Gasteiger partial charge in [0.1, 0.15) is 0 Å². The lowest BCUT2D eigenvalue weighted by atomic mass is 9.99. The summed E-state index contributed by atoms with van der Waals surface area (Å²) in [6.07, 6.45) is 15.0. The number of aromatic nitrogens is 1. The number of allylic oxidation sites excluding steroid dienone is 3. The van der Waals surface area contributed by atoms with Crippen molar-refractivity contribution in [1.82, 2.24) is 10.3 Å². The number of terminal acetylenes is 1. The molecule has 1 aromatic heterocycles. The zero-order valence-electron chi connectivity index (χ0n) is 21.5. The Kier molecular flexibility index (Phi) is 24.9. The van der Waals surface area contributed by atoms with E-state index in [-0.39, 0.29) is 0 Å². The van der Waals surface area contributed by atoms with Crippen LogP contribution in [0, 0.1) is 12.8 Å². The topological polar surface area (TPSA) is 24.9 Å². The molecule has 31 heavy (non-hydrogen) atoms. The van der Waals surface area contributed by atoms with Crippen LogP contribution in [0.2, 0.25) is 0 Å². The molecule has 2 rings (SSSR count). The molecule has 2 heteroatoms. The summed E-state index contributed by atoms with van der Waals surface area (Å²) in [6.45, 7) is 23.4. The molecule has 0 fully saturated rings. The van der Waals surface area contributed by atoms with Crippen molar-refractivity contribution in [3.8, 4) is 12.8 Å². The quantitative estimate of drug-likeness (QED) is 0.488. The highest BCUT2D eigenvalue weighted by atomic mass is 14.9. The van der Waals surface area contributed by atoms with Crippen LogP contribution >= 0.6 is 0 Å². The number of hydrogen-bond donors (Lipinski definition) is 1. The van der Waals surface area contributed by atoms with Crippen LogP contribution in [0.4, 0.5) is 0 Å². The number of rotatable bonds is 5. The van der Waals surface area contributed by atoms with Crippen LogP contribution in [0.5, 0.6) is 0 Å². The van der Waals surface area contributed by atoms with Gasteiger partial charge in [-0.3, -0.25) is 4.98 Å². The summed E-state index contributed by atoms with van der Waals surface area (Å²) < 4.78 is 0. The van der Waals surface area contributed by atoms with E-state index in [1.54, 1.807) is 12.4 Å². The average Bonchev–Trinajstić information content (AvgIpc) is 2.81. The van der Waals surface area contributed by atoms with Crippen molar-refractivity contribution in [3.63, 3.8) is 0 Å². The third kappa shape index (κ3) is 18.9. The molecular weight excluding hydrogens is 376 g/mol. The van der Waals surface area contributed by atoms with Crippen LogP contribution in [0.1, 0.15) is 91.3 Å². The molecule has 1 N–H and O–H groups in total. The van der Waals surface area contributed by atoms with Gasteiger partial charge in [-0.15, -0.1) is 12.8 Å². The molecule has 0 aliphatic rings. The molecule has 1 heterocycles. The van der Waals surface area contributed by atoms with Crippen molar-refractivity contribution in [2.75, 3.05) is 0 Å². The smallest absolute Gasteiger partial charge is 0.0398 e. The van der Waals surface area contributed by atoms with Gasteiger partial charge in [0.25, 0.3) is 0 Å². The van der Waals surface area contributed by atoms with Crippen molar-refractivity contribution < 1.29 is 0 Å². The van der Waals surface area contributed by atoms with E-state index in [0.29, 0.717) is 5.92 Å². The zero-order chi connectivity index (χ0) is 24.7. The summed E-state index contributed by atoms with van der Waals surface area (Å²) in [7, 11) is 0. The first-order valence-corrected chi connectivity index (χ1v) is 11.2. The van der Waals surface area contributed by atoms with E-state index in [9.17, 15) is 0 Å². The maximum atomic E-state index is 4.00. The highest BCUT2D eigenvalue weighted by Gasteiger charge is 1.98. The summed E-state index contributed by atoms with van der Waals surface area (Å²) in [5, 5.41) is 3.14. The molecular formula is C29H46N2. The van der Waals surface area contributed by atoms with Crippen LogP contribution in [-0.4, -0.2) is 4.98 Å². The molecule has 2 aromatic rings. The minimum atomic E-state index is 0.625. The van der Waals surface area contributed by atoms with Crippen molar-refractivity contribution in [2.45, 2.75) is 81.2 Å². The fourth-order valence-electron chi connectivity index (χ4n) is 2.05. The lowest BCUT2D eigenvalue weighted by Crippen LogP contribution is -2.08. The molecule has 0 amide bonds. The molecule has 0 bridgehead atoms. The summed E-state index contributed by atoms with van der Waals surface area (Å²) >= 11 is 0. The molecule has 0 aliphatic heterocycles. The monoisotopic (exact) mass is 422 g/mol. The number of benzene rings is 1. The van der Waals surface area contributed by atoms with Crippen LogP contribution in [-0.2, 0) is 6.54 Å². The van der Waals surface area contributed by atoms with E-state index in [1.165, 1.54) is 28.7 Å². The second-order valence-electron chi connectivity index (χ2n) is 6.94. The second kappa shape index (κ2) is 23.5. The Balaban J connectivity index is -0.000000396. The van der Waals surface area contributed by atoms with E-state index in [2.05, 4.69) is 102 Å². The van der Waals surface area contributed by atoms with Gasteiger partial charge in [0.2, 0.25) is 0 Å². The van der Waals surface area contributed by atoms with Crippen LogP contribution in [0.25, 0.3) is 5.57 Å². The van der Waals surface area contributed by atoms with Gasteiger partial charge in [-0.1, -0.05) is 84.9 Å². The molecule has 1 aromatic carbocycles. The first-order chi connectivity index (χ1) is 14.8. The Hall–Kier alpha value is -2.79. The maximum Gasteiger partial charge on any atom is 0.0398 e. The largest absolute Gasteiger partial charge is 0.385 e. The third-order valence-corrected chi connectivity index (χ3v) is 3.81. The van der Waals surface area contributed by atoms with E-state index in [4.69, 9.17) is 0 Å². The number of nitrogens with one attached hydrogen (secondary N) is 1. The zero-order valence-corrected chi connectivity index (χ0v) is 21.5. The second-order valence-corrected chi connectivity index (χ2v) is 6.94. The van der Waals surface area contributed by atoms with E-state index < -0.39 is 0 Å². The lowest BCUT2D eigenvalue weighted by molar-refractivity contribution is 0.814. The minimum Gasteiger partial charge on any atom is -0.385 e. The first-order valence-electron chi connectivity index (χ1n) is 11.2. The summed E-state index contributed by atoms with van der Waals surface area (Å²) in [5.41, 5.74) is 6.29. The summed E-state index contributed by atoms with van der Waals surface area (Å²) in [4.78, 5) is 3.92. The molecule has 0 saturated heterocycles. The predicted octanol–water partition coefficient (Wildman–Crippen LogP) is 8.63. The van der Waals surface area contributed by atoms with Crippen molar-refractivity contribution >= 4 is 5.57 Å². The summed E-state index contributed by atoms with van der Waals surface area (Å²) in [5.74, 6) is 0.625. The molecule has 0 unspecified atom stereocenters. The Morgan fingerprint density at radius 2 is 1.45 bits per heavy atom. The number of nitrogens with zero attached hydrogens (tertiary/aromatic N) is 1. The van der Waals surface area contributed by atoms with Gasteiger partial charge >= 0.3 is 0 Å². The van der Waals surface area contributed by atoms with Crippen molar-refractivity contribution in [1.29, 1.82) is 0 Å². The standard InChI is InChI=1S/C13H18.C9H12N2.C3H8.C2H6.C2H2/c1-5-11(4)13-8-6-12(7-9-13)10(2)3;1-8(2)11-7-9-3-5-10-6-4-9;1-3-2;2*1-2/h5-10H,1-4H3;3-6,11H,1,7H2,2H3;3H2,1-2H3;1-2H3;1-2H/b11-5+;;;;. The van der Waals surface area contributed by atoms with E-state index >= 15 is 0 Å². The van der Waals surface area contributed by atoms with Gasteiger partial charge in [-0.25, -0.2) is 0 Å². The Morgan fingerprint density at radius 1 is 1.00 bits per heavy atom. The molecule has 172 valence electrons. The van der Waals surface area contributed by atoms with Gasteiger partial charge in [0.15, 0.2) is 0 Å². The van der Waals surface area contributed by atoms with Gasteiger partial charge in [-0.2, -0.15) is 0 Å². The lowest BCUT2D eigenvalue weighted by Gasteiger charge is -2.06.